The van der Waals surface area contributed by atoms with Crippen LogP contribution in [0.25, 0.3) is 5.57 Å². The van der Waals surface area contributed by atoms with E-state index in [9.17, 15) is 4.39 Å². The second kappa shape index (κ2) is 8.94. The average Bonchev–Trinajstić information content (AvgIpc) is 2.51. The molecule has 0 spiro atoms. The number of benzene rings is 1. The largest absolute Gasteiger partial charge is 0.207 e. The van der Waals surface area contributed by atoms with E-state index in [1.165, 1.54) is 5.57 Å². The molecule has 0 bridgehead atoms. The molecule has 1 aromatic carbocycles. The SMILES string of the molecule is CC.CC=C(CC)c1ccc(F)c(C(C)(CC)CC)c1. The molecule has 20 heavy (non-hydrogen) atoms. The third-order valence-corrected chi connectivity index (χ3v) is 4.28. The highest BCUT2D eigenvalue weighted by Crippen LogP contribution is 2.34. The summed E-state index contributed by atoms with van der Waals surface area (Å²) < 4.78 is 14.1. The standard InChI is InChI=1S/C17H25F.C2H6/c1-6-13(7-2)14-10-11-16(18)15(12-14)17(5,8-3)9-4;1-2/h6,10-12H,7-9H2,1-5H3;1-2H3. The molecule has 0 radical (unpaired) electrons. The zero-order valence-corrected chi connectivity index (χ0v) is 14.3. The molecule has 0 N–H and O–H groups in total. The first-order valence-electron chi connectivity index (χ1n) is 7.98. The first-order chi connectivity index (χ1) is 9.52. The molecule has 0 heterocycles. The molecule has 0 unspecified atom stereocenters. The van der Waals surface area contributed by atoms with Crippen LogP contribution in [0.15, 0.2) is 24.3 Å². The molecule has 1 rings (SSSR count). The fourth-order valence-corrected chi connectivity index (χ4v) is 2.39. The van der Waals surface area contributed by atoms with Crippen LogP contribution in [0.2, 0.25) is 0 Å². The Labute approximate surface area is 125 Å². The Balaban J connectivity index is 0.00000172. The highest BCUT2D eigenvalue weighted by molar-refractivity contribution is 5.66. The van der Waals surface area contributed by atoms with Gasteiger partial charge in [0.05, 0.1) is 0 Å². The first kappa shape index (κ1) is 18.9. The lowest BCUT2D eigenvalue weighted by atomic mass is 9.76. The highest BCUT2D eigenvalue weighted by Gasteiger charge is 2.26. The Bertz CT molecular complexity index is 425. The van der Waals surface area contributed by atoms with Gasteiger partial charge in [-0.05, 0) is 60.4 Å². The predicted molar refractivity (Wildman–Crippen MR) is 89.6 cm³/mol. The van der Waals surface area contributed by atoms with Crippen molar-refractivity contribution >= 4 is 5.57 Å². The molecule has 0 fully saturated rings. The van der Waals surface area contributed by atoms with Crippen molar-refractivity contribution in [2.75, 3.05) is 0 Å². The Kier molecular flexibility index (Phi) is 8.45. The summed E-state index contributed by atoms with van der Waals surface area (Å²) in [7, 11) is 0. The molecule has 0 saturated heterocycles. The van der Waals surface area contributed by atoms with E-state index >= 15 is 0 Å². The van der Waals surface area contributed by atoms with Crippen LogP contribution in [-0.2, 0) is 5.41 Å². The molecule has 1 heteroatoms. The van der Waals surface area contributed by atoms with Gasteiger partial charge in [-0.1, -0.05) is 53.7 Å². The quantitative estimate of drug-likeness (QED) is 0.559. The van der Waals surface area contributed by atoms with Gasteiger partial charge < -0.3 is 0 Å². The molecule has 0 aliphatic carbocycles. The van der Waals surface area contributed by atoms with Crippen molar-refractivity contribution in [2.45, 2.75) is 73.1 Å². The van der Waals surface area contributed by atoms with E-state index in [0.717, 1.165) is 30.4 Å². The van der Waals surface area contributed by atoms with E-state index in [4.69, 9.17) is 0 Å². The van der Waals surface area contributed by atoms with E-state index in [1.54, 1.807) is 6.07 Å². The molecule has 114 valence electrons. The van der Waals surface area contributed by atoms with Crippen LogP contribution in [-0.4, -0.2) is 0 Å². The number of hydrogen-bond acceptors (Lipinski definition) is 0. The Hall–Kier alpha value is -1.11. The molecular formula is C19H31F. The zero-order valence-electron chi connectivity index (χ0n) is 14.3. The van der Waals surface area contributed by atoms with Crippen molar-refractivity contribution in [3.8, 4) is 0 Å². The summed E-state index contributed by atoms with van der Waals surface area (Å²) in [6.45, 7) is 14.6. The van der Waals surface area contributed by atoms with Crippen LogP contribution < -0.4 is 0 Å². The summed E-state index contributed by atoms with van der Waals surface area (Å²) in [5, 5.41) is 0. The van der Waals surface area contributed by atoms with Gasteiger partial charge in [-0.3, -0.25) is 0 Å². The smallest absolute Gasteiger partial charge is 0.126 e. The topological polar surface area (TPSA) is 0 Å². The normalized spacial score (nSPS) is 11.9. The minimum Gasteiger partial charge on any atom is -0.207 e. The third-order valence-electron chi connectivity index (χ3n) is 4.28. The van der Waals surface area contributed by atoms with Crippen molar-refractivity contribution in [2.24, 2.45) is 0 Å². The van der Waals surface area contributed by atoms with Crippen LogP contribution in [0.3, 0.4) is 0 Å². The maximum absolute atomic E-state index is 14.1. The van der Waals surface area contributed by atoms with E-state index < -0.39 is 0 Å². The van der Waals surface area contributed by atoms with Crippen molar-refractivity contribution in [1.82, 2.24) is 0 Å². The second-order valence-corrected chi connectivity index (χ2v) is 5.13. The first-order valence-corrected chi connectivity index (χ1v) is 7.98. The van der Waals surface area contributed by atoms with Crippen molar-refractivity contribution < 1.29 is 4.39 Å². The van der Waals surface area contributed by atoms with Crippen LogP contribution in [0.4, 0.5) is 4.39 Å². The van der Waals surface area contributed by atoms with Crippen molar-refractivity contribution in [3.05, 3.63) is 41.2 Å². The van der Waals surface area contributed by atoms with E-state index in [0.29, 0.717) is 0 Å². The molecule has 0 atom stereocenters. The predicted octanol–water partition coefficient (Wildman–Crippen LogP) is 6.74. The average molecular weight is 278 g/mol. The molecule has 0 amide bonds. The van der Waals surface area contributed by atoms with E-state index in [1.807, 2.05) is 32.9 Å². The van der Waals surface area contributed by atoms with Gasteiger partial charge in [0.25, 0.3) is 0 Å². The number of rotatable bonds is 5. The molecule has 0 nitrogen and oxygen atoms in total. The van der Waals surface area contributed by atoms with Crippen LogP contribution >= 0.6 is 0 Å². The van der Waals surface area contributed by atoms with E-state index in [-0.39, 0.29) is 11.2 Å². The summed E-state index contributed by atoms with van der Waals surface area (Å²) in [6, 6.07) is 5.55. The molecular weight excluding hydrogens is 247 g/mol. The van der Waals surface area contributed by atoms with Gasteiger partial charge in [0.1, 0.15) is 5.82 Å². The van der Waals surface area contributed by atoms with Crippen LogP contribution in [0, 0.1) is 5.82 Å². The van der Waals surface area contributed by atoms with E-state index in [2.05, 4.69) is 33.8 Å². The third kappa shape index (κ3) is 4.19. The maximum Gasteiger partial charge on any atom is 0.126 e. The van der Waals surface area contributed by atoms with Crippen LogP contribution in [0.5, 0.6) is 0 Å². The number of allylic oxidation sites excluding steroid dienone is 2. The Morgan fingerprint density at radius 3 is 2.10 bits per heavy atom. The lowest BCUT2D eigenvalue weighted by molar-refractivity contribution is 0.415. The summed E-state index contributed by atoms with van der Waals surface area (Å²) in [5.41, 5.74) is 3.24. The lowest BCUT2D eigenvalue weighted by Gasteiger charge is -2.28. The molecule has 0 aliphatic rings. The molecule has 0 saturated carbocycles. The van der Waals surface area contributed by atoms with Gasteiger partial charge in [-0.15, -0.1) is 0 Å². The van der Waals surface area contributed by atoms with Gasteiger partial charge >= 0.3 is 0 Å². The second-order valence-electron chi connectivity index (χ2n) is 5.13. The van der Waals surface area contributed by atoms with Gasteiger partial charge in [0.15, 0.2) is 0 Å². The molecule has 1 aromatic rings. The monoisotopic (exact) mass is 278 g/mol. The maximum atomic E-state index is 14.1. The zero-order chi connectivity index (χ0) is 15.8. The summed E-state index contributed by atoms with van der Waals surface area (Å²) in [5.74, 6) is -0.0727. The number of halogens is 1. The minimum atomic E-state index is -0.0727. The minimum absolute atomic E-state index is 0.0628. The molecule has 0 aromatic heterocycles. The van der Waals surface area contributed by atoms with Gasteiger partial charge in [0, 0.05) is 0 Å². The van der Waals surface area contributed by atoms with Gasteiger partial charge in [0.2, 0.25) is 0 Å². The highest BCUT2D eigenvalue weighted by atomic mass is 19.1. The van der Waals surface area contributed by atoms with Crippen molar-refractivity contribution in [1.29, 1.82) is 0 Å². The lowest BCUT2D eigenvalue weighted by Crippen LogP contribution is -2.21. The van der Waals surface area contributed by atoms with Crippen LogP contribution in [0.1, 0.15) is 78.9 Å². The fourth-order valence-electron chi connectivity index (χ4n) is 2.39. The van der Waals surface area contributed by atoms with Crippen molar-refractivity contribution in [3.63, 3.8) is 0 Å². The summed E-state index contributed by atoms with van der Waals surface area (Å²) >= 11 is 0. The summed E-state index contributed by atoms with van der Waals surface area (Å²) in [4.78, 5) is 0. The number of hydrogen-bond donors (Lipinski definition) is 0. The molecule has 0 aliphatic heterocycles. The Morgan fingerprint density at radius 1 is 1.15 bits per heavy atom. The summed E-state index contributed by atoms with van der Waals surface area (Å²) in [6.07, 6.45) is 5.02. The Morgan fingerprint density at radius 2 is 1.70 bits per heavy atom. The van der Waals surface area contributed by atoms with Gasteiger partial charge in [-0.25, -0.2) is 4.39 Å². The fraction of sp³-hybridized carbons (Fsp3) is 0.579. The van der Waals surface area contributed by atoms with Gasteiger partial charge in [-0.2, -0.15) is 0 Å².